The van der Waals surface area contributed by atoms with Crippen molar-refractivity contribution in [2.24, 2.45) is 5.73 Å². The highest BCUT2D eigenvalue weighted by atomic mass is 32.1. The van der Waals surface area contributed by atoms with Gasteiger partial charge in [0.25, 0.3) is 0 Å². The van der Waals surface area contributed by atoms with Crippen molar-refractivity contribution in [1.29, 1.82) is 0 Å². The van der Waals surface area contributed by atoms with Gasteiger partial charge in [0.2, 0.25) is 0 Å². The lowest BCUT2D eigenvalue weighted by Gasteiger charge is -2.10. The van der Waals surface area contributed by atoms with Gasteiger partial charge in [-0.1, -0.05) is 38.2 Å². The fourth-order valence-corrected chi connectivity index (χ4v) is 1.71. The van der Waals surface area contributed by atoms with Gasteiger partial charge >= 0.3 is 0 Å². The zero-order valence-electron chi connectivity index (χ0n) is 10.6. The molecule has 1 rings (SSSR count). The van der Waals surface area contributed by atoms with Gasteiger partial charge in [0.15, 0.2) is 0 Å². The Bertz CT molecular complexity index is 348. The Balaban J connectivity index is 2.38. The summed E-state index contributed by atoms with van der Waals surface area (Å²) in [7, 11) is 0. The fourth-order valence-electron chi connectivity index (χ4n) is 1.56. The first-order valence-electron chi connectivity index (χ1n) is 6.14. The van der Waals surface area contributed by atoms with Gasteiger partial charge in [-0.15, -0.1) is 0 Å². The van der Waals surface area contributed by atoms with Crippen molar-refractivity contribution in [1.82, 2.24) is 0 Å². The van der Waals surface area contributed by atoms with Crippen molar-refractivity contribution in [2.45, 2.75) is 39.0 Å². The molecule has 0 saturated carbocycles. The first kappa shape index (κ1) is 14.0. The van der Waals surface area contributed by atoms with Crippen LogP contribution in [-0.2, 0) is 0 Å². The summed E-state index contributed by atoms with van der Waals surface area (Å²) >= 11 is 4.81. The number of hydrogen-bond donors (Lipinski definition) is 1. The molecule has 3 heteroatoms. The lowest BCUT2D eigenvalue weighted by Crippen LogP contribution is -2.09. The van der Waals surface area contributed by atoms with Gasteiger partial charge in [0.1, 0.15) is 5.75 Å². The molecule has 0 amide bonds. The normalized spacial score (nSPS) is 12.1. The molecule has 0 fully saturated rings. The SMILES string of the molecule is CCC(C)c1ccc(OCCCC(N)=S)cc1. The molecule has 2 N–H and O–H groups in total. The molecule has 94 valence electrons. The number of ether oxygens (including phenoxy) is 1. The van der Waals surface area contributed by atoms with Crippen LogP contribution in [0.3, 0.4) is 0 Å². The third kappa shape index (κ3) is 5.18. The molecule has 0 aliphatic carbocycles. The van der Waals surface area contributed by atoms with Crippen molar-refractivity contribution in [3.8, 4) is 5.75 Å². The molecule has 1 atom stereocenters. The lowest BCUT2D eigenvalue weighted by molar-refractivity contribution is 0.313. The monoisotopic (exact) mass is 251 g/mol. The third-order valence-electron chi connectivity index (χ3n) is 2.90. The van der Waals surface area contributed by atoms with Crippen molar-refractivity contribution < 1.29 is 4.74 Å². The van der Waals surface area contributed by atoms with E-state index in [-0.39, 0.29) is 0 Å². The van der Waals surface area contributed by atoms with E-state index >= 15 is 0 Å². The maximum absolute atomic E-state index is 5.61. The summed E-state index contributed by atoms with van der Waals surface area (Å²) in [4.78, 5) is 0.556. The van der Waals surface area contributed by atoms with Crippen molar-refractivity contribution >= 4 is 17.2 Å². The van der Waals surface area contributed by atoms with Crippen LogP contribution in [-0.4, -0.2) is 11.6 Å². The predicted octanol–water partition coefficient (Wildman–Crippen LogP) is 3.65. The Labute approximate surface area is 109 Å². The first-order valence-corrected chi connectivity index (χ1v) is 6.55. The highest BCUT2D eigenvalue weighted by Gasteiger charge is 2.02. The first-order chi connectivity index (χ1) is 8.13. The second kappa shape index (κ2) is 7.28. The maximum atomic E-state index is 5.61. The Morgan fingerprint density at radius 2 is 2.00 bits per heavy atom. The quantitative estimate of drug-likeness (QED) is 0.593. The summed E-state index contributed by atoms with van der Waals surface area (Å²) in [6.07, 6.45) is 2.79. The van der Waals surface area contributed by atoms with Gasteiger partial charge in [-0.2, -0.15) is 0 Å². The zero-order chi connectivity index (χ0) is 12.7. The van der Waals surface area contributed by atoms with Gasteiger partial charge in [0, 0.05) is 6.42 Å². The number of benzene rings is 1. The maximum Gasteiger partial charge on any atom is 0.119 e. The minimum atomic E-state index is 0.556. The summed E-state index contributed by atoms with van der Waals surface area (Å²) in [5.74, 6) is 1.53. The van der Waals surface area contributed by atoms with Gasteiger partial charge in [0.05, 0.1) is 11.6 Å². The van der Waals surface area contributed by atoms with Crippen LogP contribution in [0.25, 0.3) is 0 Å². The van der Waals surface area contributed by atoms with E-state index in [1.54, 1.807) is 0 Å². The van der Waals surface area contributed by atoms with E-state index in [2.05, 4.69) is 26.0 Å². The van der Waals surface area contributed by atoms with Crippen molar-refractivity contribution in [3.05, 3.63) is 29.8 Å². The Morgan fingerprint density at radius 3 is 2.53 bits per heavy atom. The van der Waals surface area contributed by atoms with E-state index in [1.165, 1.54) is 5.56 Å². The van der Waals surface area contributed by atoms with E-state index in [0.717, 1.165) is 25.0 Å². The molecule has 0 bridgehead atoms. The molecule has 0 saturated heterocycles. The third-order valence-corrected chi connectivity index (χ3v) is 3.10. The molecule has 0 aliphatic rings. The molecular formula is C14H21NOS. The van der Waals surface area contributed by atoms with Crippen LogP contribution in [0.2, 0.25) is 0 Å². The van der Waals surface area contributed by atoms with E-state index in [0.29, 0.717) is 17.5 Å². The predicted molar refractivity (Wildman–Crippen MR) is 76.7 cm³/mol. The lowest BCUT2D eigenvalue weighted by atomic mass is 9.99. The van der Waals surface area contributed by atoms with Crippen LogP contribution in [0.1, 0.15) is 44.6 Å². The minimum absolute atomic E-state index is 0.556. The highest BCUT2D eigenvalue weighted by Crippen LogP contribution is 2.21. The number of hydrogen-bond acceptors (Lipinski definition) is 2. The van der Waals surface area contributed by atoms with E-state index in [1.807, 2.05) is 12.1 Å². The Kier molecular flexibility index (Phi) is 5.98. The zero-order valence-corrected chi connectivity index (χ0v) is 11.4. The Morgan fingerprint density at radius 1 is 1.35 bits per heavy atom. The summed E-state index contributed by atoms with van der Waals surface area (Å²) in [6, 6.07) is 8.33. The molecule has 0 spiro atoms. The molecular weight excluding hydrogens is 230 g/mol. The van der Waals surface area contributed by atoms with Gasteiger partial charge < -0.3 is 10.5 Å². The van der Waals surface area contributed by atoms with Crippen LogP contribution in [0.4, 0.5) is 0 Å². The molecule has 1 unspecified atom stereocenters. The second-order valence-electron chi connectivity index (χ2n) is 4.30. The molecule has 2 nitrogen and oxygen atoms in total. The van der Waals surface area contributed by atoms with Crippen LogP contribution in [0.15, 0.2) is 24.3 Å². The second-order valence-corrected chi connectivity index (χ2v) is 4.82. The fraction of sp³-hybridized carbons (Fsp3) is 0.500. The molecule has 1 aromatic carbocycles. The average molecular weight is 251 g/mol. The molecule has 0 aliphatic heterocycles. The van der Waals surface area contributed by atoms with Gasteiger partial charge in [-0.3, -0.25) is 0 Å². The van der Waals surface area contributed by atoms with Crippen molar-refractivity contribution in [3.63, 3.8) is 0 Å². The van der Waals surface area contributed by atoms with Crippen LogP contribution < -0.4 is 10.5 Å². The summed E-state index contributed by atoms with van der Waals surface area (Å²) in [5.41, 5.74) is 6.78. The molecule has 0 heterocycles. The Hall–Kier alpha value is -1.09. The number of rotatable bonds is 7. The molecule has 0 radical (unpaired) electrons. The topological polar surface area (TPSA) is 35.2 Å². The summed E-state index contributed by atoms with van der Waals surface area (Å²) < 4.78 is 5.61. The summed E-state index contributed by atoms with van der Waals surface area (Å²) in [6.45, 7) is 5.10. The number of thiocarbonyl (C=S) groups is 1. The highest BCUT2D eigenvalue weighted by molar-refractivity contribution is 7.80. The standard InChI is InChI=1S/C14H21NOS/c1-3-11(2)12-6-8-13(9-7-12)16-10-4-5-14(15)17/h6-9,11H,3-5,10H2,1-2H3,(H2,15,17). The summed E-state index contributed by atoms with van der Waals surface area (Å²) in [5, 5.41) is 0. The van der Waals surface area contributed by atoms with Crippen molar-refractivity contribution in [2.75, 3.05) is 6.61 Å². The molecule has 0 aromatic heterocycles. The van der Waals surface area contributed by atoms with Crippen LogP contribution in [0, 0.1) is 0 Å². The van der Waals surface area contributed by atoms with E-state index < -0.39 is 0 Å². The van der Waals surface area contributed by atoms with Gasteiger partial charge in [-0.05, 0) is 36.5 Å². The van der Waals surface area contributed by atoms with Crippen LogP contribution in [0.5, 0.6) is 5.75 Å². The average Bonchev–Trinajstić information content (AvgIpc) is 2.34. The molecule has 1 aromatic rings. The molecule has 17 heavy (non-hydrogen) atoms. The van der Waals surface area contributed by atoms with Crippen LogP contribution >= 0.6 is 12.2 Å². The van der Waals surface area contributed by atoms with E-state index in [9.17, 15) is 0 Å². The van der Waals surface area contributed by atoms with Gasteiger partial charge in [-0.25, -0.2) is 0 Å². The minimum Gasteiger partial charge on any atom is -0.494 e. The van der Waals surface area contributed by atoms with E-state index in [4.69, 9.17) is 22.7 Å². The largest absolute Gasteiger partial charge is 0.494 e. The smallest absolute Gasteiger partial charge is 0.119 e. The number of nitrogens with two attached hydrogens (primary N) is 1.